The molecule has 2 atom stereocenters. The summed E-state index contributed by atoms with van der Waals surface area (Å²) in [7, 11) is 0. The monoisotopic (exact) mass is 445 g/mol. The Morgan fingerprint density at radius 1 is 1.19 bits per heavy atom. The molecule has 1 amide bonds. The number of pyridine rings is 1. The third kappa shape index (κ3) is 4.93. The van der Waals surface area contributed by atoms with Crippen molar-refractivity contribution in [3.8, 4) is 5.82 Å². The number of amides is 1. The number of aromatic nitrogens is 4. The number of esters is 1. The molecule has 166 valence electrons. The Hall–Kier alpha value is -3.76. The smallest absolute Gasteiger partial charge is 0.417 e. The molecule has 2 unspecified atom stereocenters. The number of alkyl halides is 3. The van der Waals surface area contributed by atoms with Crippen molar-refractivity contribution in [1.82, 2.24) is 20.0 Å². The van der Waals surface area contributed by atoms with Crippen molar-refractivity contribution in [1.29, 1.82) is 0 Å². The number of nitrogens with zero attached hydrogens (tertiary/aromatic N) is 4. The van der Waals surface area contributed by atoms with E-state index in [1.165, 1.54) is 23.0 Å². The van der Waals surface area contributed by atoms with Gasteiger partial charge in [0.1, 0.15) is 12.3 Å². The number of hydrogen-bond acceptors (Lipinski definition) is 6. The van der Waals surface area contributed by atoms with E-state index < -0.39 is 17.7 Å². The van der Waals surface area contributed by atoms with E-state index in [4.69, 9.17) is 4.74 Å². The van der Waals surface area contributed by atoms with Gasteiger partial charge in [0.15, 0.2) is 5.82 Å². The highest BCUT2D eigenvalue weighted by atomic mass is 19.4. The molecule has 1 fully saturated rings. The highest BCUT2D eigenvalue weighted by Crippen LogP contribution is 2.38. The maximum absolute atomic E-state index is 12.6. The van der Waals surface area contributed by atoms with Crippen LogP contribution < -0.4 is 5.32 Å². The quantitative estimate of drug-likeness (QED) is 0.582. The van der Waals surface area contributed by atoms with Crippen molar-refractivity contribution < 1.29 is 27.5 Å². The van der Waals surface area contributed by atoms with Crippen LogP contribution in [-0.2, 0) is 22.3 Å². The van der Waals surface area contributed by atoms with Gasteiger partial charge in [0, 0.05) is 17.8 Å². The molecule has 2 aromatic heterocycles. The zero-order chi connectivity index (χ0) is 22.9. The highest BCUT2D eigenvalue weighted by Gasteiger charge is 2.39. The molecule has 0 radical (unpaired) electrons. The predicted molar refractivity (Wildman–Crippen MR) is 106 cm³/mol. The van der Waals surface area contributed by atoms with Gasteiger partial charge >= 0.3 is 12.1 Å². The summed E-state index contributed by atoms with van der Waals surface area (Å²) >= 11 is 0. The van der Waals surface area contributed by atoms with Crippen molar-refractivity contribution in [3.63, 3.8) is 0 Å². The standard InChI is InChI=1S/C21H18F3N5O3/c1-12-8-17(12)19(30)26-15-5-2-13(3-6-15)20(31)32-11-16-10-29(28-27-16)18-7-4-14(9-25-18)21(22,23)24/h2-7,9-10,12,17H,8,11H2,1H3,(H,26,30). The average Bonchev–Trinajstić information content (AvgIpc) is 3.31. The fourth-order valence-corrected chi connectivity index (χ4v) is 3.00. The van der Waals surface area contributed by atoms with E-state index in [0.29, 0.717) is 29.1 Å². The SMILES string of the molecule is CC1CC1C(=O)Nc1ccc(C(=O)OCc2cn(-c3ccc(C(F)(F)F)cn3)nn2)cc1. The van der Waals surface area contributed by atoms with Crippen molar-refractivity contribution in [2.75, 3.05) is 5.32 Å². The maximum atomic E-state index is 12.6. The summed E-state index contributed by atoms with van der Waals surface area (Å²) in [5.74, 6) is -0.0382. The van der Waals surface area contributed by atoms with E-state index in [-0.39, 0.29) is 24.2 Å². The number of carbonyl (C=O) groups excluding carboxylic acids is 2. The molecule has 1 aliphatic carbocycles. The number of rotatable bonds is 6. The maximum Gasteiger partial charge on any atom is 0.417 e. The molecule has 8 nitrogen and oxygen atoms in total. The van der Waals surface area contributed by atoms with Gasteiger partial charge in [-0.1, -0.05) is 12.1 Å². The van der Waals surface area contributed by atoms with Gasteiger partial charge in [-0.05, 0) is 48.7 Å². The number of ether oxygens (including phenoxy) is 1. The Morgan fingerprint density at radius 3 is 2.50 bits per heavy atom. The molecule has 1 saturated carbocycles. The van der Waals surface area contributed by atoms with Crippen LogP contribution in [0.25, 0.3) is 5.82 Å². The van der Waals surface area contributed by atoms with Crippen molar-refractivity contribution in [2.45, 2.75) is 26.1 Å². The number of halogens is 3. The molecule has 1 aromatic carbocycles. The summed E-state index contributed by atoms with van der Waals surface area (Å²) in [5, 5.41) is 10.4. The van der Waals surface area contributed by atoms with Crippen LogP contribution in [0.4, 0.5) is 18.9 Å². The molecule has 3 aromatic rings. The van der Waals surface area contributed by atoms with Gasteiger partial charge in [-0.3, -0.25) is 4.79 Å². The minimum atomic E-state index is -4.48. The Balaban J connectivity index is 1.31. The lowest BCUT2D eigenvalue weighted by molar-refractivity contribution is -0.137. The van der Waals surface area contributed by atoms with Crippen LogP contribution in [-0.4, -0.2) is 31.9 Å². The van der Waals surface area contributed by atoms with Gasteiger partial charge in [-0.2, -0.15) is 13.2 Å². The van der Waals surface area contributed by atoms with E-state index in [0.717, 1.165) is 18.6 Å². The fourth-order valence-electron chi connectivity index (χ4n) is 3.00. The lowest BCUT2D eigenvalue weighted by Gasteiger charge is -2.06. The topological polar surface area (TPSA) is 99.0 Å². The van der Waals surface area contributed by atoms with Gasteiger partial charge in [-0.25, -0.2) is 14.5 Å². The second kappa shape index (κ2) is 8.40. The molecule has 1 N–H and O–H groups in total. The van der Waals surface area contributed by atoms with E-state index >= 15 is 0 Å². The zero-order valence-corrected chi connectivity index (χ0v) is 16.8. The molecule has 2 heterocycles. The van der Waals surface area contributed by atoms with Crippen LogP contribution in [0.3, 0.4) is 0 Å². The first-order valence-electron chi connectivity index (χ1n) is 9.73. The molecule has 1 aliphatic rings. The zero-order valence-electron chi connectivity index (χ0n) is 16.8. The first-order chi connectivity index (χ1) is 15.2. The lowest BCUT2D eigenvalue weighted by atomic mass is 10.2. The second-order valence-corrected chi connectivity index (χ2v) is 7.52. The highest BCUT2D eigenvalue weighted by molar-refractivity contribution is 5.95. The van der Waals surface area contributed by atoms with Crippen LogP contribution in [0.5, 0.6) is 0 Å². The van der Waals surface area contributed by atoms with Crippen LogP contribution in [0, 0.1) is 11.8 Å². The van der Waals surface area contributed by atoms with Gasteiger partial charge in [0.05, 0.1) is 17.3 Å². The molecule has 4 rings (SSSR count). The second-order valence-electron chi connectivity index (χ2n) is 7.52. The van der Waals surface area contributed by atoms with Crippen LogP contribution in [0.15, 0.2) is 48.8 Å². The molecule has 0 spiro atoms. The fraction of sp³-hybridized carbons (Fsp3) is 0.286. The van der Waals surface area contributed by atoms with E-state index in [2.05, 4.69) is 20.6 Å². The van der Waals surface area contributed by atoms with Gasteiger partial charge in [0.25, 0.3) is 0 Å². The van der Waals surface area contributed by atoms with Gasteiger partial charge in [-0.15, -0.1) is 5.10 Å². The van der Waals surface area contributed by atoms with Crippen molar-refractivity contribution >= 4 is 17.6 Å². The third-order valence-corrected chi connectivity index (χ3v) is 5.04. The molecule has 32 heavy (non-hydrogen) atoms. The van der Waals surface area contributed by atoms with Gasteiger partial charge < -0.3 is 10.1 Å². The number of hydrogen-bond donors (Lipinski definition) is 1. The minimum absolute atomic E-state index is 0.0292. The summed E-state index contributed by atoms with van der Waals surface area (Å²) < 4.78 is 44.3. The molecule has 0 saturated heterocycles. The van der Waals surface area contributed by atoms with Crippen LogP contribution in [0.1, 0.15) is 35.0 Å². The molecular weight excluding hydrogens is 427 g/mol. The van der Waals surface area contributed by atoms with E-state index in [1.54, 1.807) is 12.1 Å². The first kappa shape index (κ1) is 21.5. The Bertz CT molecular complexity index is 1130. The first-order valence-corrected chi connectivity index (χ1v) is 9.73. The number of carbonyl (C=O) groups is 2. The number of benzene rings is 1. The van der Waals surface area contributed by atoms with E-state index in [9.17, 15) is 22.8 Å². The average molecular weight is 445 g/mol. The molecule has 0 aliphatic heterocycles. The summed E-state index contributed by atoms with van der Waals surface area (Å²) in [6.45, 7) is 1.83. The minimum Gasteiger partial charge on any atom is -0.455 e. The van der Waals surface area contributed by atoms with Crippen molar-refractivity contribution in [3.05, 3.63) is 65.6 Å². The lowest BCUT2D eigenvalue weighted by Crippen LogP contribution is -2.14. The molecule has 0 bridgehead atoms. The van der Waals surface area contributed by atoms with Crippen LogP contribution >= 0.6 is 0 Å². The van der Waals surface area contributed by atoms with Crippen LogP contribution in [0.2, 0.25) is 0 Å². The Morgan fingerprint density at radius 2 is 1.91 bits per heavy atom. The number of anilines is 1. The Labute approximate surface area is 180 Å². The predicted octanol–water partition coefficient (Wildman–Crippen LogP) is 3.63. The summed E-state index contributed by atoms with van der Waals surface area (Å²) in [4.78, 5) is 27.9. The third-order valence-electron chi connectivity index (χ3n) is 5.04. The Kier molecular flexibility index (Phi) is 5.64. The molecular formula is C21H18F3N5O3. The van der Waals surface area contributed by atoms with Gasteiger partial charge in [0.2, 0.25) is 5.91 Å². The largest absolute Gasteiger partial charge is 0.455 e. The summed E-state index contributed by atoms with van der Waals surface area (Å²) in [6, 6.07) is 8.37. The number of nitrogens with one attached hydrogen (secondary N) is 1. The normalized spacial score (nSPS) is 17.6. The van der Waals surface area contributed by atoms with Crippen molar-refractivity contribution in [2.24, 2.45) is 11.8 Å². The molecule has 11 heteroatoms. The summed E-state index contributed by atoms with van der Waals surface area (Å²) in [6.07, 6.45) is -1.49. The van der Waals surface area contributed by atoms with E-state index in [1.807, 2.05) is 6.92 Å². The summed E-state index contributed by atoms with van der Waals surface area (Å²) in [5.41, 5.74) is 0.308.